The average Bonchev–Trinajstić information content (AvgIpc) is 2.25. The summed E-state index contributed by atoms with van der Waals surface area (Å²) in [6.45, 7) is 9.56. The molecule has 0 spiro atoms. The van der Waals surface area contributed by atoms with E-state index in [4.69, 9.17) is 5.73 Å². The molecule has 1 aliphatic heterocycles. The molecular formula is C12H25N3O. The molecule has 0 bridgehead atoms. The third kappa shape index (κ3) is 3.67. The number of nitrogens with zero attached hydrogens (tertiary/aromatic N) is 1. The number of likely N-dealkylation sites (tertiary alicyclic amines) is 1. The summed E-state index contributed by atoms with van der Waals surface area (Å²) in [5, 5.41) is 2.96. The van der Waals surface area contributed by atoms with Gasteiger partial charge < -0.3 is 16.0 Å². The number of nitrogens with two attached hydrogens (primary N) is 1. The number of carbonyl (C=O) groups excluding carboxylic acids is 1. The van der Waals surface area contributed by atoms with Gasteiger partial charge in [-0.25, -0.2) is 4.79 Å². The van der Waals surface area contributed by atoms with Crippen LogP contribution >= 0.6 is 0 Å². The third-order valence-corrected chi connectivity index (χ3v) is 3.33. The zero-order valence-electron chi connectivity index (χ0n) is 10.7. The second kappa shape index (κ2) is 6.09. The SMILES string of the molecule is CC(C)CNC(=O)N1CCC(CN)C(C)C1. The first-order valence-electron chi connectivity index (χ1n) is 6.27. The van der Waals surface area contributed by atoms with Crippen molar-refractivity contribution in [1.29, 1.82) is 0 Å². The number of hydrogen-bond acceptors (Lipinski definition) is 2. The molecule has 0 aromatic carbocycles. The molecule has 0 aromatic rings. The summed E-state index contributed by atoms with van der Waals surface area (Å²) >= 11 is 0. The lowest BCUT2D eigenvalue weighted by Crippen LogP contribution is -2.49. The summed E-state index contributed by atoms with van der Waals surface area (Å²) in [4.78, 5) is 13.7. The van der Waals surface area contributed by atoms with Crippen molar-refractivity contribution in [3.63, 3.8) is 0 Å². The molecule has 4 heteroatoms. The molecule has 1 heterocycles. The number of rotatable bonds is 3. The van der Waals surface area contributed by atoms with Crippen molar-refractivity contribution in [2.75, 3.05) is 26.2 Å². The number of hydrogen-bond donors (Lipinski definition) is 2. The topological polar surface area (TPSA) is 58.4 Å². The quantitative estimate of drug-likeness (QED) is 0.763. The summed E-state index contributed by atoms with van der Waals surface area (Å²) in [5.41, 5.74) is 5.69. The van der Waals surface area contributed by atoms with E-state index < -0.39 is 0 Å². The molecule has 0 aliphatic carbocycles. The highest BCUT2D eigenvalue weighted by molar-refractivity contribution is 5.74. The number of nitrogens with one attached hydrogen (secondary N) is 1. The van der Waals surface area contributed by atoms with Crippen molar-refractivity contribution in [2.24, 2.45) is 23.5 Å². The summed E-state index contributed by atoms with van der Waals surface area (Å²) in [7, 11) is 0. The maximum absolute atomic E-state index is 11.8. The van der Waals surface area contributed by atoms with Crippen LogP contribution in [0.2, 0.25) is 0 Å². The fourth-order valence-electron chi connectivity index (χ4n) is 2.13. The van der Waals surface area contributed by atoms with Gasteiger partial charge in [0, 0.05) is 19.6 Å². The van der Waals surface area contributed by atoms with Crippen LogP contribution in [-0.4, -0.2) is 37.1 Å². The number of amides is 2. The first kappa shape index (κ1) is 13.3. The van der Waals surface area contributed by atoms with Crippen molar-refractivity contribution in [1.82, 2.24) is 10.2 Å². The van der Waals surface area contributed by atoms with Gasteiger partial charge in [0.25, 0.3) is 0 Å². The van der Waals surface area contributed by atoms with Crippen molar-refractivity contribution >= 4 is 6.03 Å². The van der Waals surface area contributed by atoms with Gasteiger partial charge in [-0.15, -0.1) is 0 Å². The van der Waals surface area contributed by atoms with Gasteiger partial charge >= 0.3 is 6.03 Å². The number of urea groups is 1. The molecule has 0 aromatic heterocycles. The third-order valence-electron chi connectivity index (χ3n) is 3.33. The second-order valence-corrected chi connectivity index (χ2v) is 5.29. The molecule has 2 unspecified atom stereocenters. The van der Waals surface area contributed by atoms with Crippen molar-refractivity contribution < 1.29 is 4.79 Å². The summed E-state index contributed by atoms with van der Waals surface area (Å²) in [6.07, 6.45) is 1.03. The van der Waals surface area contributed by atoms with Crippen molar-refractivity contribution in [3.05, 3.63) is 0 Å². The molecule has 1 saturated heterocycles. The predicted molar refractivity (Wildman–Crippen MR) is 66.1 cm³/mol. The van der Waals surface area contributed by atoms with Crippen LogP contribution in [0.4, 0.5) is 4.79 Å². The molecule has 94 valence electrons. The molecule has 0 radical (unpaired) electrons. The van der Waals surface area contributed by atoms with Crippen LogP contribution in [-0.2, 0) is 0 Å². The summed E-state index contributed by atoms with van der Waals surface area (Å²) < 4.78 is 0. The van der Waals surface area contributed by atoms with Crippen molar-refractivity contribution in [2.45, 2.75) is 27.2 Å². The Morgan fingerprint density at radius 1 is 1.56 bits per heavy atom. The van der Waals surface area contributed by atoms with Gasteiger partial charge in [-0.3, -0.25) is 0 Å². The standard InChI is InChI=1S/C12H25N3O/c1-9(2)7-14-12(16)15-5-4-11(6-13)10(3)8-15/h9-11H,4-8,13H2,1-3H3,(H,14,16). The molecule has 4 nitrogen and oxygen atoms in total. The Labute approximate surface area is 98.6 Å². The lowest BCUT2D eigenvalue weighted by molar-refractivity contribution is 0.140. The van der Waals surface area contributed by atoms with Gasteiger partial charge in [0.15, 0.2) is 0 Å². The van der Waals surface area contributed by atoms with Gasteiger partial charge in [0.2, 0.25) is 0 Å². The maximum atomic E-state index is 11.8. The molecule has 2 amide bonds. The van der Waals surface area contributed by atoms with Gasteiger partial charge in [0.1, 0.15) is 0 Å². The summed E-state index contributed by atoms with van der Waals surface area (Å²) in [6, 6.07) is 0.0796. The molecular weight excluding hydrogens is 202 g/mol. The van der Waals surface area contributed by atoms with Crippen LogP contribution in [0.3, 0.4) is 0 Å². The minimum atomic E-state index is 0.0796. The molecule has 0 saturated carbocycles. The molecule has 3 N–H and O–H groups in total. The zero-order chi connectivity index (χ0) is 12.1. The van der Waals surface area contributed by atoms with E-state index in [0.29, 0.717) is 17.8 Å². The average molecular weight is 227 g/mol. The highest BCUT2D eigenvalue weighted by Crippen LogP contribution is 2.21. The van der Waals surface area contributed by atoms with E-state index in [0.717, 1.165) is 32.6 Å². The molecule has 2 atom stereocenters. The van der Waals surface area contributed by atoms with Crippen LogP contribution in [0.25, 0.3) is 0 Å². The fraction of sp³-hybridized carbons (Fsp3) is 0.917. The van der Waals surface area contributed by atoms with Crippen LogP contribution in [0.1, 0.15) is 27.2 Å². The van der Waals surface area contributed by atoms with Gasteiger partial charge in [0.05, 0.1) is 0 Å². The monoisotopic (exact) mass is 227 g/mol. The lowest BCUT2D eigenvalue weighted by atomic mass is 9.87. The Bertz CT molecular complexity index is 230. The van der Waals surface area contributed by atoms with Gasteiger partial charge in [-0.2, -0.15) is 0 Å². The van der Waals surface area contributed by atoms with Crippen molar-refractivity contribution in [3.8, 4) is 0 Å². The Balaban J connectivity index is 2.36. The first-order valence-corrected chi connectivity index (χ1v) is 6.27. The Morgan fingerprint density at radius 2 is 2.25 bits per heavy atom. The number of piperidine rings is 1. The van der Waals surface area contributed by atoms with E-state index in [1.807, 2.05) is 4.90 Å². The highest BCUT2D eigenvalue weighted by Gasteiger charge is 2.27. The Hall–Kier alpha value is -0.770. The normalized spacial score (nSPS) is 25.9. The van der Waals surface area contributed by atoms with E-state index >= 15 is 0 Å². The minimum Gasteiger partial charge on any atom is -0.338 e. The molecule has 1 aliphatic rings. The van der Waals surface area contributed by atoms with E-state index in [9.17, 15) is 4.79 Å². The smallest absolute Gasteiger partial charge is 0.317 e. The largest absolute Gasteiger partial charge is 0.338 e. The molecule has 1 fully saturated rings. The zero-order valence-corrected chi connectivity index (χ0v) is 10.7. The summed E-state index contributed by atoms with van der Waals surface area (Å²) in [5.74, 6) is 1.60. The van der Waals surface area contributed by atoms with E-state index in [2.05, 4.69) is 26.1 Å². The van der Waals surface area contributed by atoms with Crippen LogP contribution in [0.15, 0.2) is 0 Å². The lowest BCUT2D eigenvalue weighted by Gasteiger charge is -2.36. The first-order chi connectivity index (χ1) is 7.54. The van der Waals surface area contributed by atoms with Crippen LogP contribution in [0, 0.1) is 17.8 Å². The molecule has 1 rings (SSSR count). The van der Waals surface area contributed by atoms with E-state index in [1.165, 1.54) is 0 Å². The molecule has 16 heavy (non-hydrogen) atoms. The van der Waals surface area contributed by atoms with E-state index in [1.54, 1.807) is 0 Å². The van der Waals surface area contributed by atoms with Crippen LogP contribution < -0.4 is 11.1 Å². The maximum Gasteiger partial charge on any atom is 0.317 e. The Kier molecular flexibility index (Phi) is 5.06. The van der Waals surface area contributed by atoms with E-state index in [-0.39, 0.29) is 6.03 Å². The van der Waals surface area contributed by atoms with Gasteiger partial charge in [-0.1, -0.05) is 20.8 Å². The van der Waals surface area contributed by atoms with Crippen LogP contribution in [0.5, 0.6) is 0 Å². The number of carbonyl (C=O) groups is 1. The Morgan fingerprint density at radius 3 is 2.75 bits per heavy atom. The second-order valence-electron chi connectivity index (χ2n) is 5.29. The predicted octanol–water partition coefficient (Wildman–Crippen LogP) is 1.27. The minimum absolute atomic E-state index is 0.0796. The fourth-order valence-corrected chi connectivity index (χ4v) is 2.13. The van der Waals surface area contributed by atoms with Gasteiger partial charge in [-0.05, 0) is 30.7 Å². The highest BCUT2D eigenvalue weighted by atomic mass is 16.2.